The van der Waals surface area contributed by atoms with E-state index in [-0.39, 0.29) is 11.9 Å². The Labute approximate surface area is 111 Å². The first-order chi connectivity index (χ1) is 8.58. The molecule has 1 amide bonds. The van der Waals surface area contributed by atoms with E-state index in [4.69, 9.17) is 5.73 Å². The largest absolute Gasteiger partial charge is 0.349 e. The van der Waals surface area contributed by atoms with E-state index in [1.54, 1.807) is 5.38 Å². The molecule has 2 heterocycles. The number of rotatable bonds is 4. The zero-order chi connectivity index (χ0) is 13.1. The Bertz CT molecular complexity index is 418. The van der Waals surface area contributed by atoms with Crippen molar-refractivity contribution in [3.63, 3.8) is 0 Å². The lowest BCUT2D eigenvalue weighted by atomic mass is 10.2. The lowest BCUT2D eigenvalue weighted by molar-refractivity contribution is 0.0939. The number of likely N-dealkylation sites (tertiary alicyclic amines) is 1. The number of hydrogen-bond acceptors (Lipinski definition) is 5. The van der Waals surface area contributed by atoms with Crippen LogP contribution in [0.3, 0.4) is 0 Å². The number of amides is 1. The molecule has 0 spiro atoms. The van der Waals surface area contributed by atoms with Gasteiger partial charge >= 0.3 is 0 Å². The van der Waals surface area contributed by atoms with Crippen LogP contribution in [0.1, 0.15) is 41.3 Å². The molecular formula is C12H20N4OS. The average molecular weight is 268 g/mol. The fraction of sp³-hybridized carbons (Fsp3) is 0.667. The van der Waals surface area contributed by atoms with E-state index in [0.717, 1.165) is 18.0 Å². The van der Waals surface area contributed by atoms with Crippen LogP contribution in [0.4, 0.5) is 0 Å². The summed E-state index contributed by atoms with van der Waals surface area (Å²) in [4.78, 5) is 18.4. The van der Waals surface area contributed by atoms with Crippen molar-refractivity contribution < 1.29 is 4.79 Å². The summed E-state index contributed by atoms with van der Waals surface area (Å²) in [6, 6.07) is 0.345. The first-order valence-electron chi connectivity index (χ1n) is 6.27. The zero-order valence-corrected chi connectivity index (χ0v) is 11.7. The summed E-state index contributed by atoms with van der Waals surface area (Å²) in [5.74, 6) is -0.0987. The normalized spacial score (nSPS) is 22.1. The first kappa shape index (κ1) is 13.5. The number of nitrogens with two attached hydrogens (primary N) is 1. The number of hydrogen-bond donors (Lipinski definition) is 2. The van der Waals surface area contributed by atoms with E-state index in [0.29, 0.717) is 18.3 Å². The number of carbonyl (C=O) groups excluding carboxylic acids is 1. The lowest BCUT2D eigenvalue weighted by Crippen LogP contribution is -2.38. The molecule has 0 bridgehead atoms. The second-order valence-corrected chi connectivity index (χ2v) is 5.74. The Hall–Kier alpha value is -0.980. The second-order valence-electron chi connectivity index (χ2n) is 4.85. The van der Waals surface area contributed by atoms with Crippen LogP contribution in [0.5, 0.6) is 0 Å². The highest BCUT2D eigenvalue weighted by Crippen LogP contribution is 2.16. The second kappa shape index (κ2) is 5.77. The zero-order valence-electron chi connectivity index (χ0n) is 10.8. The van der Waals surface area contributed by atoms with Gasteiger partial charge in [-0.1, -0.05) is 0 Å². The van der Waals surface area contributed by atoms with Crippen molar-refractivity contribution in [2.24, 2.45) is 5.73 Å². The van der Waals surface area contributed by atoms with Gasteiger partial charge in [0.15, 0.2) is 0 Å². The topological polar surface area (TPSA) is 71.2 Å². The third-order valence-corrected chi connectivity index (χ3v) is 4.36. The minimum Gasteiger partial charge on any atom is -0.349 e. The molecular weight excluding hydrogens is 248 g/mol. The Morgan fingerprint density at radius 2 is 2.56 bits per heavy atom. The average Bonchev–Trinajstić information content (AvgIpc) is 2.94. The number of nitrogens with one attached hydrogen (secondary N) is 1. The summed E-state index contributed by atoms with van der Waals surface area (Å²) in [5, 5.41) is 5.52. The number of carbonyl (C=O) groups is 1. The molecule has 2 unspecified atom stereocenters. The van der Waals surface area contributed by atoms with E-state index in [1.165, 1.54) is 17.8 Å². The van der Waals surface area contributed by atoms with Crippen molar-refractivity contribution in [1.29, 1.82) is 0 Å². The third kappa shape index (κ3) is 3.07. The fourth-order valence-electron chi connectivity index (χ4n) is 2.14. The van der Waals surface area contributed by atoms with Gasteiger partial charge in [-0.25, -0.2) is 4.98 Å². The molecule has 0 aromatic carbocycles. The standard InChI is InChI=1S/C12H20N4OS/c1-8(13)12-15-10(7-18-12)11(17)14-6-9-4-3-5-16(9)2/h7-9H,3-6,13H2,1-2H3,(H,14,17). The van der Waals surface area contributed by atoms with Gasteiger partial charge in [0, 0.05) is 18.0 Å². The third-order valence-electron chi connectivity index (χ3n) is 3.31. The van der Waals surface area contributed by atoms with Gasteiger partial charge in [-0.3, -0.25) is 4.79 Å². The maximum Gasteiger partial charge on any atom is 0.270 e. The van der Waals surface area contributed by atoms with Crippen LogP contribution >= 0.6 is 11.3 Å². The van der Waals surface area contributed by atoms with Crippen LogP contribution in [0.2, 0.25) is 0 Å². The summed E-state index contributed by atoms with van der Waals surface area (Å²) in [6.07, 6.45) is 2.36. The van der Waals surface area contributed by atoms with Crippen molar-refractivity contribution in [3.05, 3.63) is 16.1 Å². The molecule has 18 heavy (non-hydrogen) atoms. The molecule has 5 nitrogen and oxygen atoms in total. The molecule has 2 atom stereocenters. The number of nitrogens with zero attached hydrogens (tertiary/aromatic N) is 2. The SMILES string of the molecule is CC(N)c1nc(C(=O)NCC2CCCN2C)cs1. The van der Waals surface area contributed by atoms with Gasteiger partial charge in [0.05, 0.1) is 6.04 Å². The predicted octanol–water partition coefficient (Wildman–Crippen LogP) is 0.987. The van der Waals surface area contributed by atoms with Crippen molar-refractivity contribution in [3.8, 4) is 0 Å². The number of aromatic nitrogens is 1. The summed E-state index contributed by atoms with van der Waals surface area (Å²) in [7, 11) is 2.10. The Balaban J connectivity index is 1.87. The maximum absolute atomic E-state index is 11.9. The van der Waals surface area contributed by atoms with Crippen LogP contribution in [0.15, 0.2) is 5.38 Å². The Kier molecular flexibility index (Phi) is 4.31. The molecule has 1 aliphatic rings. The van der Waals surface area contributed by atoms with Gasteiger partial charge in [-0.05, 0) is 33.4 Å². The van der Waals surface area contributed by atoms with Gasteiger partial charge in [-0.2, -0.15) is 0 Å². The highest BCUT2D eigenvalue weighted by Gasteiger charge is 2.21. The minimum atomic E-state index is -0.113. The summed E-state index contributed by atoms with van der Waals surface area (Å²) < 4.78 is 0. The van der Waals surface area contributed by atoms with E-state index < -0.39 is 0 Å². The van der Waals surface area contributed by atoms with Crippen LogP contribution in [0, 0.1) is 0 Å². The molecule has 6 heteroatoms. The molecule has 3 N–H and O–H groups in total. The molecule has 0 radical (unpaired) electrons. The number of likely N-dealkylation sites (N-methyl/N-ethyl adjacent to an activating group) is 1. The van der Waals surface area contributed by atoms with Crippen LogP contribution < -0.4 is 11.1 Å². The van der Waals surface area contributed by atoms with Crippen LogP contribution in [0.25, 0.3) is 0 Å². The minimum absolute atomic E-state index is 0.0987. The lowest BCUT2D eigenvalue weighted by Gasteiger charge is -2.19. The summed E-state index contributed by atoms with van der Waals surface area (Å²) in [5.41, 5.74) is 6.21. The summed E-state index contributed by atoms with van der Waals surface area (Å²) >= 11 is 1.44. The van der Waals surface area contributed by atoms with Crippen LogP contribution in [-0.4, -0.2) is 42.0 Å². The smallest absolute Gasteiger partial charge is 0.270 e. The van der Waals surface area contributed by atoms with Gasteiger partial charge < -0.3 is 16.0 Å². The first-order valence-corrected chi connectivity index (χ1v) is 7.15. The molecule has 1 saturated heterocycles. The van der Waals surface area contributed by atoms with Crippen molar-refractivity contribution in [2.45, 2.75) is 31.8 Å². The molecule has 100 valence electrons. The van der Waals surface area contributed by atoms with Gasteiger partial charge in [0.1, 0.15) is 10.7 Å². The van der Waals surface area contributed by atoms with E-state index in [1.807, 2.05) is 6.92 Å². The molecule has 1 aromatic heterocycles. The summed E-state index contributed by atoms with van der Waals surface area (Å²) in [6.45, 7) is 3.68. The van der Waals surface area contributed by atoms with E-state index >= 15 is 0 Å². The van der Waals surface area contributed by atoms with Crippen molar-refractivity contribution >= 4 is 17.2 Å². The monoisotopic (exact) mass is 268 g/mol. The van der Waals surface area contributed by atoms with Gasteiger partial charge in [0.2, 0.25) is 0 Å². The molecule has 2 rings (SSSR count). The highest BCUT2D eigenvalue weighted by molar-refractivity contribution is 7.09. The molecule has 1 aliphatic heterocycles. The quantitative estimate of drug-likeness (QED) is 0.854. The number of thiazole rings is 1. The highest BCUT2D eigenvalue weighted by atomic mass is 32.1. The Morgan fingerprint density at radius 1 is 1.78 bits per heavy atom. The van der Waals surface area contributed by atoms with E-state index in [9.17, 15) is 4.79 Å². The van der Waals surface area contributed by atoms with Crippen LogP contribution in [-0.2, 0) is 0 Å². The predicted molar refractivity (Wildman–Crippen MR) is 72.7 cm³/mol. The fourth-order valence-corrected chi connectivity index (χ4v) is 2.90. The van der Waals surface area contributed by atoms with E-state index in [2.05, 4.69) is 22.2 Å². The molecule has 1 fully saturated rings. The van der Waals surface area contributed by atoms with Gasteiger partial charge in [0.25, 0.3) is 5.91 Å². The van der Waals surface area contributed by atoms with Crippen molar-refractivity contribution in [2.75, 3.05) is 20.1 Å². The molecule has 0 aliphatic carbocycles. The van der Waals surface area contributed by atoms with Gasteiger partial charge in [-0.15, -0.1) is 11.3 Å². The maximum atomic E-state index is 11.9. The molecule has 0 saturated carbocycles. The molecule has 1 aromatic rings. The van der Waals surface area contributed by atoms with Crippen molar-refractivity contribution in [1.82, 2.24) is 15.2 Å². The Morgan fingerprint density at radius 3 is 3.11 bits per heavy atom.